The molecule has 0 saturated carbocycles. The molecule has 0 radical (unpaired) electrons. The Hall–Kier alpha value is -0.650. The Labute approximate surface area is 123 Å². The topological polar surface area (TPSA) is 34.9 Å². The molecule has 0 amide bonds. The summed E-state index contributed by atoms with van der Waals surface area (Å²) in [5.41, 5.74) is 1.29. The zero-order valence-corrected chi connectivity index (χ0v) is 12.7. The third-order valence-corrected chi connectivity index (χ3v) is 4.19. The Bertz CT molecular complexity index is 630. The van der Waals surface area contributed by atoms with Gasteiger partial charge < -0.3 is 4.57 Å². The summed E-state index contributed by atoms with van der Waals surface area (Å²) in [4.78, 5) is 4.33. The van der Waals surface area contributed by atoms with Gasteiger partial charge in [0, 0.05) is 35.4 Å². The molecule has 2 rings (SSSR count). The molecule has 0 fully saturated rings. The van der Waals surface area contributed by atoms with Gasteiger partial charge in [-0.3, -0.25) is 4.21 Å². The van der Waals surface area contributed by atoms with Gasteiger partial charge in [-0.25, -0.2) is 9.37 Å². The van der Waals surface area contributed by atoms with Crippen LogP contribution in [0.1, 0.15) is 12.2 Å². The smallest absolute Gasteiger partial charge is 0.144 e. The number of fused-ring (bicyclic) bond motifs is 1. The number of rotatable bonds is 5. The first-order valence-electron chi connectivity index (χ1n) is 5.73. The largest absolute Gasteiger partial charge is 0.327 e. The quantitative estimate of drug-likeness (QED) is 0.791. The molecular weight excluding hydrogens is 310 g/mol. The first-order valence-corrected chi connectivity index (χ1v) is 8.37. The molecule has 0 bridgehead atoms. The lowest BCUT2D eigenvalue weighted by atomic mass is 10.3. The highest BCUT2D eigenvalue weighted by Gasteiger charge is 2.13. The Morgan fingerprint density at radius 2 is 2.21 bits per heavy atom. The van der Waals surface area contributed by atoms with Crippen molar-refractivity contribution >= 4 is 45.0 Å². The van der Waals surface area contributed by atoms with Crippen LogP contribution in [0.4, 0.5) is 4.39 Å². The molecule has 0 saturated heterocycles. The van der Waals surface area contributed by atoms with Crippen LogP contribution < -0.4 is 0 Å². The van der Waals surface area contributed by atoms with Crippen LogP contribution in [0.2, 0.25) is 5.02 Å². The van der Waals surface area contributed by atoms with E-state index in [2.05, 4.69) is 4.98 Å². The molecule has 1 aromatic heterocycles. The summed E-state index contributed by atoms with van der Waals surface area (Å²) in [6.07, 6.45) is 2.39. The minimum absolute atomic E-state index is 0.0490. The van der Waals surface area contributed by atoms with Crippen molar-refractivity contribution in [2.24, 2.45) is 0 Å². The number of aryl methyl sites for hydroxylation is 1. The highest BCUT2D eigenvalue weighted by atomic mass is 35.5. The van der Waals surface area contributed by atoms with E-state index in [0.717, 1.165) is 6.42 Å². The van der Waals surface area contributed by atoms with Crippen LogP contribution in [0.15, 0.2) is 12.1 Å². The molecule has 1 atom stereocenters. The van der Waals surface area contributed by atoms with Gasteiger partial charge in [0.25, 0.3) is 0 Å². The molecule has 3 nitrogen and oxygen atoms in total. The fourth-order valence-electron chi connectivity index (χ4n) is 1.95. The van der Waals surface area contributed by atoms with E-state index in [0.29, 0.717) is 29.2 Å². The first kappa shape index (κ1) is 14.8. The molecular formula is C12H13Cl2FN2OS. The van der Waals surface area contributed by atoms with Gasteiger partial charge in [-0.15, -0.1) is 11.6 Å². The summed E-state index contributed by atoms with van der Waals surface area (Å²) >= 11 is 11.6. The molecule has 1 heterocycles. The highest BCUT2D eigenvalue weighted by molar-refractivity contribution is 7.84. The molecule has 2 aromatic rings. The minimum Gasteiger partial charge on any atom is -0.327 e. The predicted molar refractivity (Wildman–Crippen MR) is 77.8 cm³/mol. The van der Waals surface area contributed by atoms with E-state index in [4.69, 9.17) is 23.2 Å². The fraction of sp³-hybridized carbons (Fsp3) is 0.417. The third-order valence-electron chi connectivity index (χ3n) is 2.80. The molecule has 104 valence electrons. The van der Waals surface area contributed by atoms with Crippen molar-refractivity contribution in [3.63, 3.8) is 0 Å². The van der Waals surface area contributed by atoms with Gasteiger partial charge in [0.2, 0.25) is 0 Å². The van der Waals surface area contributed by atoms with Crippen molar-refractivity contribution in [2.75, 3.05) is 12.0 Å². The second kappa shape index (κ2) is 6.20. The standard InChI is InChI=1S/C12H13Cl2FN2OS/c1-19(18)4-2-3-17-11-6-9(15)8(14)5-10(11)16-12(17)7-13/h5-6H,2-4,7H2,1H3. The van der Waals surface area contributed by atoms with Crippen molar-refractivity contribution < 1.29 is 8.60 Å². The Morgan fingerprint density at radius 3 is 2.84 bits per heavy atom. The second-order valence-corrected chi connectivity index (χ2v) is 6.43. The average molecular weight is 323 g/mol. The monoisotopic (exact) mass is 322 g/mol. The summed E-state index contributed by atoms with van der Waals surface area (Å²) < 4.78 is 26.5. The molecule has 1 aromatic carbocycles. The van der Waals surface area contributed by atoms with Gasteiger partial charge in [0.05, 0.1) is 21.9 Å². The normalized spacial score (nSPS) is 13.1. The van der Waals surface area contributed by atoms with E-state index in [-0.39, 0.29) is 10.9 Å². The Morgan fingerprint density at radius 1 is 1.47 bits per heavy atom. The lowest BCUT2D eigenvalue weighted by molar-refractivity contribution is 0.625. The average Bonchev–Trinajstić information content (AvgIpc) is 2.67. The number of hydrogen-bond donors (Lipinski definition) is 0. The lowest BCUT2D eigenvalue weighted by Gasteiger charge is -2.07. The van der Waals surface area contributed by atoms with Crippen LogP contribution in [-0.4, -0.2) is 25.8 Å². The second-order valence-electron chi connectivity index (χ2n) is 4.20. The SMILES string of the molecule is CS(=O)CCCn1c(CCl)nc2cc(Cl)c(F)cc21. The maximum Gasteiger partial charge on any atom is 0.144 e. The molecule has 19 heavy (non-hydrogen) atoms. The van der Waals surface area contributed by atoms with Crippen LogP contribution in [0.25, 0.3) is 11.0 Å². The van der Waals surface area contributed by atoms with Crippen molar-refractivity contribution in [3.05, 3.63) is 28.8 Å². The third kappa shape index (κ3) is 3.27. The Kier molecular flexibility index (Phi) is 4.81. The van der Waals surface area contributed by atoms with E-state index in [1.807, 2.05) is 4.57 Å². The van der Waals surface area contributed by atoms with Crippen LogP contribution in [0, 0.1) is 5.82 Å². The number of imidazole rings is 1. The van der Waals surface area contributed by atoms with E-state index >= 15 is 0 Å². The predicted octanol–water partition coefficient (Wildman–Crippen LogP) is 3.34. The summed E-state index contributed by atoms with van der Waals surface area (Å²) in [5, 5.41) is 0.0490. The lowest BCUT2D eigenvalue weighted by Crippen LogP contribution is -2.06. The number of nitrogens with zero attached hydrogens (tertiary/aromatic N) is 2. The van der Waals surface area contributed by atoms with E-state index in [1.165, 1.54) is 12.1 Å². The number of halogens is 3. The molecule has 1 unspecified atom stereocenters. The molecule has 7 heteroatoms. The molecule has 0 aliphatic rings. The number of benzene rings is 1. The van der Waals surface area contributed by atoms with Crippen molar-refractivity contribution in [3.8, 4) is 0 Å². The van der Waals surface area contributed by atoms with Gasteiger partial charge in [-0.05, 0) is 12.5 Å². The summed E-state index contributed by atoms with van der Waals surface area (Å²) in [6, 6.07) is 2.86. The summed E-state index contributed by atoms with van der Waals surface area (Å²) in [6.45, 7) is 0.610. The zero-order valence-electron chi connectivity index (χ0n) is 10.3. The van der Waals surface area contributed by atoms with Gasteiger partial charge >= 0.3 is 0 Å². The van der Waals surface area contributed by atoms with Gasteiger partial charge in [0.1, 0.15) is 11.6 Å². The highest BCUT2D eigenvalue weighted by Crippen LogP contribution is 2.24. The van der Waals surface area contributed by atoms with Crippen molar-refractivity contribution in [1.29, 1.82) is 0 Å². The number of hydrogen-bond acceptors (Lipinski definition) is 2. The maximum absolute atomic E-state index is 13.5. The van der Waals surface area contributed by atoms with Crippen molar-refractivity contribution in [2.45, 2.75) is 18.8 Å². The zero-order chi connectivity index (χ0) is 14.0. The van der Waals surface area contributed by atoms with Crippen molar-refractivity contribution in [1.82, 2.24) is 9.55 Å². The minimum atomic E-state index is -0.839. The summed E-state index contributed by atoms with van der Waals surface area (Å²) in [7, 11) is -0.839. The van der Waals surface area contributed by atoms with Crippen LogP contribution >= 0.6 is 23.2 Å². The van der Waals surface area contributed by atoms with E-state index in [1.54, 1.807) is 6.26 Å². The molecule has 0 N–H and O–H groups in total. The van der Waals surface area contributed by atoms with E-state index in [9.17, 15) is 8.60 Å². The fourth-order valence-corrected chi connectivity index (χ4v) is 2.85. The number of aromatic nitrogens is 2. The molecule has 0 spiro atoms. The summed E-state index contributed by atoms with van der Waals surface area (Å²) in [5.74, 6) is 1.02. The van der Waals surface area contributed by atoms with Crippen LogP contribution in [-0.2, 0) is 23.2 Å². The Balaban J connectivity index is 2.39. The van der Waals surface area contributed by atoms with Crippen LogP contribution in [0.3, 0.4) is 0 Å². The van der Waals surface area contributed by atoms with Gasteiger partial charge in [0.15, 0.2) is 0 Å². The molecule has 0 aliphatic carbocycles. The maximum atomic E-state index is 13.5. The van der Waals surface area contributed by atoms with Gasteiger partial charge in [-0.2, -0.15) is 0 Å². The molecule has 0 aliphatic heterocycles. The van der Waals surface area contributed by atoms with E-state index < -0.39 is 16.6 Å². The first-order chi connectivity index (χ1) is 9.02. The van der Waals surface area contributed by atoms with Gasteiger partial charge in [-0.1, -0.05) is 11.6 Å². The van der Waals surface area contributed by atoms with Crippen LogP contribution in [0.5, 0.6) is 0 Å². The number of alkyl halides is 1.